The van der Waals surface area contributed by atoms with Crippen molar-refractivity contribution < 1.29 is 13.2 Å². The molecular formula is C11H16F3N3. The highest BCUT2D eigenvalue weighted by Gasteiger charge is 2.43. The number of aromatic nitrogens is 2. The number of nitrogens with one attached hydrogen (secondary N) is 1. The zero-order chi connectivity index (χ0) is 12.5. The van der Waals surface area contributed by atoms with Crippen molar-refractivity contribution in [1.29, 1.82) is 0 Å². The van der Waals surface area contributed by atoms with Gasteiger partial charge in [-0.25, -0.2) is 0 Å². The largest absolute Gasteiger partial charge is 0.433 e. The van der Waals surface area contributed by atoms with E-state index >= 15 is 0 Å². The zero-order valence-corrected chi connectivity index (χ0v) is 9.48. The fourth-order valence-electron chi connectivity index (χ4n) is 2.72. The summed E-state index contributed by atoms with van der Waals surface area (Å²) in [5.74, 6) is 0. The molecule has 0 amide bonds. The standard InChI is InChI=1S/C11H16F3N3/c12-11(13,14)9-8(6-16-17-9)10(7-15)4-2-1-3-5-10/h6H,1-5,7,15H2,(H,16,17). The number of rotatable bonds is 2. The lowest BCUT2D eigenvalue weighted by Crippen LogP contribution is -2.38. The van der Waals surface area contributed by atoms with Crippen LogP contribution in [0, 0.1) is 0 Å². The minimum Gasteiger partial charge on any atom is -0.330 e. The van der Waals surface area contributed by atoms with Gasteiger partial charge in [-0.2, -0.15) is 18.3 Å². The highest BCUT2D eigenvalue weighted by Crippen LogP contribution is 2.43. The number of aromatic amines is 1. The highest BCUT2D eigenvalue weighted by atomic mass is 19.4. The lowest BCUT2D eigenvalue weighted by atomic mass is 9.69. The van der Waals surface area contributed by atoms with Crippen LogP contribution in [-0.2, 0) is 11.6 Å². The average molecular weight is 247 g/mol. The molecule has 1 aromatic rings. The molecule has 17 heavy (non-hydrogen) atoms. The Bertz CT molecular complexity index is 378. The van der Waals surface area contributed by atoms with Crippen LogP contribution in [0.3, 0.4) is 0 Å². The van der Waals surface area contributed by atoms with Gasteiger partial charge in [-0.3, -0.25) is 5.10 Å². The van der Waals surface area contributed by atoms with Gasteiger partial charge in [0.2, 0.25) is 0 Å². The predicted octanol–water partition coefficient (Wildman–Crippen LogP) is 2.59. The van der Waals surface area contributed by atoms with E-state index in [-0.39, 0.29) is 12.1 Å². The number of hydrogen-bond donors (Lipinski definition) is 2. The van der Waals surface area contributed by atoms with E-state index in [1.165, 1.54) is 6.20 Å². The first-order valence-electron chi connectivity index (χ1n) is 5.81. The first-order valence-corrected chi connectivity index (χ1v) is 5.81. The first kappa shape index (κ1) is 12.4. The summed E-state index contributed by atoms with van der Waals surface area (Å²) in [4.78, 5) is 0. The molecule has 0 saturated heterocycles. The quantitative estimate of drug-likeness (QED) is 0.844. The van der Waals surface area contributed by atoms with Crippen LogP contribution in [0.25, 0.3) is 0 Å². The highest BCUT2D eigenvalue weighted by molar-refractivity contribution is 5.30. The van der Waals surface area contributed by atoms with E-state index in [4.69, 9.17) is 5.73 Å². The van der Waals surface area contributed by atoms with Crippen molar-refractivity contribution in [2.24, 2.45) is 5.73 Å². The smallest absolute Gasteiger partial charge is 0.330 e. The maximum atomic E-state index is 12.8. The summed E-state index contributed by atoms with van der Waals surface area (Å²) in [6.45, 7) is 0.246. The van der Waals surface area contributed by atoms with Crippen molar-refractivity contribution >= 4 is 0 Å². The molecule has 0 radical (unpaired) electrons. The molecule has 0 unspecified atom stereocenters. The topological polar surface area (TPSA) is 54.7 Å². The number of hydrogen-bond acceptors (Lipinski definition) is 2. The average Bonchev–Trinajstić information content (AvgIpc) is 2.79. The molecule has 0 bridgehead atoms. The summed E-state index contributed by atoms with van der Waals surface area (Å²) in [5, 5.41) is 5.63. The summed E-state index contributed by atoms with van der Waals surface area (Å²) >= 11 is 0. The Hall–Kier alpha value is -1.04. The molecule has 1 aliphatic carbocycles. The molecule has 2 rings (SSSR count). The van der Waals surface area contributed by atoms with Crippen LogP contribution in [0.4, 0.5) is 13.2 Å². The Balaban J connectivity index is 2.40. The summed E-state index contributed by atoms with van der Waals surface area (Å²) in [5.41, 5.74) is 4.70. The van der Waals surface area contributed by atoms with Gasteiger partial charge in [0.05, 0.1) is 6.20 Å². The van der Waals surface area contributed by atoms with Gasteiger partial charge in [0.25, 0.3) is 0 Å². The predicted molar refractivity (Wildman–Crippen MR) is 57.4 cm³/mol. The second kappa shape index (κ2) is 4.33. The van der Waals surface area contributed by atoms with Crippen LogP contribution in [0.1, 0.15) is 43.4 Å². The molecule has 1 aromatic heterocycles. The van der Waals surface area contributed by atoms with Crippen molar-refractivity contribution in [3.8, 4) is 0 Å². The fraction of sp³-hybridized carbons (Fsp3) is 0.727. The molecule has 6 heteroatoms. The SMILES string of the molecule is NCC1(c2cn[nH]c2C(F)(F)F)CCCCC1. The van der Waals surface area contributed by atoms with Crippen LogP contribution in [0.15, 0.2) is 6.20 Å². The molecule has 3 nitrogen and oxygen atoms in total. The summed E-state index contributed by atoms with van der Waals surface area (Å²) < 4.78 is 38.5. The van der Waals surface area contributed by atoms with Crippen molar-refractivity contribution in [2.75, 3.05) is 6.54 Å². The van der Waals surface area contributed by atoms with E-state index < -0.39 is 17.3 Å². The Morgan fingerprint density at radius 1 is 1.29 bits per heavy atom. The molecule has 0 spiro atoms. The van der Waals surface area contributed by atoms with E-state index in [9.17, 15) is 13.2 Å². The van der Waals surface area contributed by atoms with Crippen molar-refractivity contribution in [3.63, 3.8) is 0 Å². The number of nitrogens with two attached hydrogens (primary N) is 1. The summed E-state index contributed by atoms with van der Waals surface area (Å²) in [6.07, 6.45) is 1.27. The molecule has 1 saturated carbocycles. The normalized spacial score (nSPS) is 20.5. The van der Waals surface area contributed by atoms with Crippen molar-refractivity contribution in [3.05, 3.63) is 17.5 Å². The second-order valence-electron chi connectivity index (χ2n) is 4.70. The molecule has 1 heterocycles. The van der Waals surface area contributed by atoms with Crippen LogP contribution in [0.5, 0.6) is 0 Å². The summed E-state index contributed by atoms with van der Waals surface area (Å²) in [6, 6.07) is 0. The van der Waals surface area contributed by atoms with Crippen LogP contribution < -0.4 is 5.73 Å². The number of alkyl halides is 3. The molecule has 96 valence electrons. The van der Waals surface area contributed by atoms with Gasteiger partial charge in [0.15, 0.2) is 0 Å². The molecular weight excluding hydrogens is 231 g/mol. The Labute approximate surface area is 97.6 Å². The van der Waals surface area contributed by atoms with Gasteiger partial charge in [0, 0.05) is 17.5 Å². The number of halogens is 3. The van der Waals surface area contributed by atoms with Gasteiger partial charge in [-0.15, -0.1) is 0 Å². The Morgan fingerprint density at radius 2 is 1.94 bits per heavy atom. The van der Waals surface area contributed by atoms with Gasteiger partial charge >= 0.3 is 6.18 Å². The maximum Gasteiger partial charge on any atom is 0.433 e. The van der Waals surface area contributed by atoms with Gasteiger partial charge in [0.1, 0.15) is 5.69 Å². The molecule has 0 atom stereocenters. The third-order valence-electron chi connectivity index (χ3n) is 3.70. The molecule has 3 N–H and O–H groups in total. The lowest BCUT2D eigenvalue weighted by Gasteiger charge is -2.36. The number of nitrogens with zero attached hydrogens (tertiary/aromatic N) is 1. The Morgan fingerprint density at radius 3 is 2.47 bits per heavy atom. The second-order valence-corrected chi connectivity index (χ2v) is 4.70. The molecule has 0 aliphatic heterocycles. The molecule has 1 aliphatic rings. The van der Waals surface area contributed by atoms with E-state index in [1.807, 2.05) is 0 Å². The lowest BCUT2D eigenvalue weighted by molar-refractivity contribution is -0.142. The van der Waals surface area contributed by atoms with Crippen LogP contribution in [-0.4, -0.2) is 16.7 Å². The maximum absolute atomic E-state index is 12.8. The third kappa shape index (κ3) is 2.18. The van der Waals surface area contributed by atoms with E-state index in [1.54, 1.807) is 0 Å². The number of H-pyrrole nitrogens is 1. The summed E-state index contributed by atoms with van der Waals surface area (Å²) in [7, 11) is 0. The molecule has 0 aromatic carbocycles. The van der Waals surface area contributed by atoms with Crippen molar-refractivity contribution in [2.45, 2.75) is 43.7 Å². The van der Waals surface area contributed by atoms with E-state index in [0.717, 1.165) is 19.3 Å². The minimum atomic E-state index is -4.38. The van der Waals surface area contributed by atoms with E-state index in [2.05, 4.69) is 10.2 Å². The van der Waals surface area contributed by atoms with E-state index in [0.29, 0.717) is 12.8 Å². The monoisotopic (exact) mass is 247 g/mol. The van der Waals surface area contributed by atoms with Gasteiger partial charge in [-0.1, -0.05) is 19.3 Å². The minimum absolute atomic E-state index is 0.243. The fourth-order valence-corrected chi connectivity index (χ4v) is 2.72. The third-order valence-corrected chi connectivity index (χ3v) is 3.70. The Kier molecular flexibility index (Phi) is 3.16. The zero-order valence-electron chi connectivity index (χ0n) is 9.48. The van der Waals surface area contributed by atoms with Crippen molar-refractivity contribution in [1.82, 2.24) is 10.2 Å². The first-order chi connectivity index (χ1) is 7.99. The van der Waals surface area contributed by atoms with Gasteiger partial charge in [-0.05, 0) is 12.8 Å². The van der Waals surface area contributed by atoms with Crippen LogP contribution in [0.2, 0.25) is 0 Å². The molecule has 1 fully saturated rings. The van der Waals surface area contributed by atoms with Crippen LogP contribution >= 0.6 is 0 Å². The van der Waals surface area contributed by atoms with Gasteiger partial charge < -0.3 is 5.73 Å².